The van der Waals surface area contributed by atoms with E-state index >= 15 is 0 Å². The van der Waals surface area contributed by atoms with Gasteiger partial charge in [0, 0.05) is 23.1 Å². The highest BCUT2D eigenvalue weighted by Gasteiger charge is 2.34. The van der Waals surface area contributed by atoms with Crippen LogP contribution < -0.4 is 16.2 Å². The predicted octanol–water partition coefficient (Wildman–Crippen LogP) is 4.79. The van der Waals surface area contributed by atoms with Crippen molar-refractivity contribution < 1.29 is 9.15 Å². The number of hydrogen-bond donors (Lipinski definition) is 2. The molecule has 32 heavy (non-hydrogen) atoms. The number of aryl methyl sites for hydroxylation is 1. The second-order valence-corrected chi connectivity index (χ2v) is 8.48. The van der Waals surface area contributed by atoms with E-state index in [-0.39, 0.29) is 5.54 Å². The van der Waals surface area contributed by atoms with E-state index in [0.29, 0.717) is 30.4 Å². The number of nitrogens with zero attached hydrogens (tertiary/aromatic N) is 2. The standard InChI is InChI=1S/C26H28N4O2/c1-31-24-22-21(17-7-3-2-4-8-17)23(32-25(22)30-20(29-24)9-5-16-27)18-10-12-19(13-11-18)26(28)14-6-15-26/h2-4,7-8,10-13H,5-6,9,14-16,27-28H2,1H3. The zero-order valence-electron chi connectivity index (χ0n) is 18.3. The third kappa shape index (κ3) is 3.55. The zero-order chi connectivity index (χ0) is 22.1. The molecule has 2 aromatic heterocycles. The van der Waals surface area contributed by atoms with Crippen molar-refractivity contribution in [3.05, 3.63) is 66.0 Å². The number of benzene rings is 2. The summed E-state index contributed by atoms with van der Waals surface area (Å²) in [4.78, 5) is 9.35. The van der Waals surface area contributed by atoms with Gasteiger partial charge in [-0.2, -0.15) is 9.97 Å². The molecule has 1 aliphatic carbocycles. The fourth-order valence-corrected chi connectivity index (χ4v) is 4.41. The Labute approximate surface area is 187 Å². The molecule has 0 spiro atoms. The lowest BCUT2D eigenvalue weighted by molar-refractivity contribution is 0.253. The van der Waals surface area contributed by atoms with Gasteiger partial charge in [0.15, 0.2) is 0 Å². The molecule has 0 aliphatic heterocycles. The van der Waals surface area contributed by atoms with Gasteiger partial charge in [0.25, 0.3) is 0 Å². The van der Waals surface area contributed by atoms with E-state index in [1.165, 1.54) is 12.0 Å². The Morgan fingerprint density at radius 3 is 2.38 bits per heavy atom. The molecule has 0 saturated heterocycles. The smallest absolute Gasteiger partial charge is 0.234 e. The fourth-order valence-electron chi connectivity index (χ4n) is 4.41. The lowest BCUT2D eigenvalue weighted by Crippen LogP contribution is -2.43. The molecule has 0 radical (unpaired) electrons. The summed E-state index contributed by atoms with van der Waals surface area (Å²) in [6.07, 6.45) is 4.73. The second-order valence-electron chi connectivity index (χ2n) is 8.48. The highest BCUT2D eigenvalue weighted by Crippen LogP contribution is 2.44. The monoisotopic (exact) mass is 428 g/mol. The van der Waals surface area contributed by atoms with Gasteiger partial charge in [-0.1, -0.05) is 54.6 Å². The summed E-state index contributed by atoms with van der Waals surface area (Å²) < 4.78 is 12.1. The normalized spacial score (nSPS) is 15.0. The highest BCUT2D eigenvalue weighted by atomic mass is 16.5. The Bertz CT molecular complexity index is 1230. The Balaban J connectivity index is 1.69. The third-order valence-electron chi connectivity index (χ3n) is 6.39. The minimum atomic E-state index is -0.193. The number of rotatable bonds is 7. The number of fused-ring (bicyclic) bond motifs is 1. The van der Waals surface area contributed by atoms with Gasteiger partial charge >= 0.3 is 0 Å². The number of aromatic nitrogens is 2. The van der Waals surface area contributed by atoms with Gasteiger partial charge in [-0.25, -0.2) is 0 Å². The van der Waals surface area contributed by atoms with Crippen LogP contribution in [-0.2, 0) is 12.0 Å². The highest BCUT2D eigenvalue weighted by molar-refractivity contribution is 6.03. The summed E-state index contributed by atoms with van der Waals surface area (Å²) in [6, 6.07) is 18.6. The first-order valence-electron chi connectivity index (χ1n) is 11.2. The molecule has 4 N–H and O–H groups in total. The van der Waals surface area contributed by atoms with Crippen molar-refractivity contribution in [2.75, 3.05) is 13.7 Å². The van der Waals surface area contributed by atoms with E-state index in [0.717, 1.165) is 47.1 Å². The van der Waals surface area contributed by atoms with Crippen LogP contribution in [0.2, 0.25) is 0 Å². The van der Waals surface area contributed by atoms with Crippen molar-refractivity contribution in [3.63, 3.8) is 0 Å². The van der Waals surface area contributed by atoms with E-state index < -0.39 is 0 Å². The minimum Gasteiger partial charge on any atom is -0.480 e. The molecule has 1 aliphatic rings. The van der Waals surface area contributed by atoms with Crippen molar-refractivity contribution in [1.82, 2.24) is 9.97 Å². The summed E-state index contributed by atoms with van der Waals surface area (Å²) in [6.45, 7) is 0.581. The van der Waals surface area contributed by atoms with Crippen LogP contribution in [0.15, 0.2) is 59.0 Å². The Hall–Kier alpha value is -3.22. The van der Waals surface area contributed by atoms with Crippen LogP contribution in [0.1, 0.15) is 37.1 Å². The number of ether oxygens (including phenoxy) is 1. The number of nitrogens with two attached hydrogens (primary N) is 2. The summed E-state index contributed by atoms with van der Waals surface area (Å²) in [5.41, 5.74) is 16.6. The minimum absolute atomic E-state index is 0.193. The van der Waals surface area contributed by atoms with E-state index in [1.54, 1.807) is 7.11 Å². The summed E-state index contributed by atoms with van der Waals surface area (Å²) in [5.74, 6) is 1.94. The topological polar surface area (TPSA) is 100 Å². The summed E-state index contributed by atoms with van der Waals surface area (Å²) in [5, 5.41) is 0.781. The molecular weight excluding hydrogens is 400 g/mol. The number of furan rings is 1. The lowest BCUT2D eigenvalue weighted by Gasteiger charge is -2.38. The quantitative estimate of drug-likeness (QED) is 0.439. The maximum atomic E-state index is 6.52. The lowest BCUT2D eigenvalue weighted by atomic mass is 9.72. The first kappa shape index (κ1) is 20.7. The van der Waals surface area contributed by atoms with E-state index in [1.807, 2.05) is 18.2 Å². The van der Waals surface area contributed by atoms with E-state index in [2.05, 4.69) is 41.4 Å². The van der Waals surface area contributed by atoms with Crippen molar-refractivity contribution in [3.8, 4) is 28.3 Å². The van der Waals surface area contributed by atoms with E-state index in [4.69, 9.17) is 25.6 Å². The molecule has 5 rings (SSSR count). The molecule has 6 nitrogen and oxygen atoms in total. The van der Waals surface area contributed by atoms with Gasteiger partial charge < -0.3 is 20.6 Å². The van der Waals surface area contributed by atoms with Crippen LogP contribution in [0.4, 0.5) is 0 Å². The third-order valence-corrected chi connectivity index (χ3v) is 6.39. The van der Waals surface area contributed by atoms with Gasteiger partial charge in [0.05, 0.1) is 7.11 Å². The largest absolute Gasteiger partial charge is 0.480 e. The Kier molecular flexibility index (Phi) is 5.41. The molecule has 164 valence electrons. The zero-order valence-corrected chi connectivity index (χ0v) is 18.3. The van der Waals surface area contributed by atoms with Crippen molar-refractivity contribution in [2.24, 2.45) is 11.5 Å². The van der Waals surface area contributed by atoms with Gasteiger partial charge in [0.1, 0.15) is 17.0 Å². The first-order chi connectivity index (χ1) is 15.6. The Morgan fingerprint density at radius 2 is 1.75 bits per heavy atom. The molecule has 2 heterocycles. The maximum absolute atomic E-state index is 6.52. The molecule has 0 atom stereocenters. The maximum Gasteiger partial charge on any atom is 0.234 e. The fraction of sp³-hybridized carbons (Fsp3) is 0.308. The predicted molar refractivity (Wildman–Crippen MR) is 126 cm³/mol. The average Bonchev–Trinajstić information content (AvgIpc) is 3.21. The van der Waals surface area contributed by atoms with Gasteiger partial charge in [-0.3, -0.25) is 0 Å². The molecule has 1 saturated carbocycles. The molecule has 1 fully saturated rings. The van der Waals surface area contributed by atoms with Crippen molar-refractivity contribution >= 4 is 11.1 Å². The molecule has 0 amide bonds. The molecule has 0 bridgehead atoms. The molecule has 4 aromatic rings. The molecule has 2 aromatic carbocycles. The average molecular weight is 429 g/mol. The van der Waals surface area contributed by atoms with Gasteiger partial charge in [0.2, 0.25) is 11.6 Å². The number of hydrogen-bond acceptors (Lipinski definition) is 6. The van der Waals surface area contributed by atoms with Crippen LogP contribution >= 0.6 is 0 Å². The van der Waals surface area contributed by atoms with Crippen LogP contribution in [0.3, 0.4) is 0 Å². The van der Waals surface area contributed by atoms with Crippen molar-refractivity contribution in [2.45, 2.75) is 37.6 Å². The van der Waals surface area contributed by atoms with Crippen LogP contribution in [-0.4, -0.2) is 23.6 Å². The number of methoxy groups -OCH3 is 1. The van der Waals surface area contributed by atoms with Crippen LogP contribution in [0, 0.1) is 0 Å². The molecule has 6 heteroatoms. The van der Waals surface area contributed by atoms with Gasteiger partial charge in [-0.15, -0.1) is 0 Å². The Morgan fingerprint density at radius 1 is 1.00 bits per heavy atom. The van der Waals surface area contributed by atoms with E-state index in [9.17, 15) is 0 Å². The SMILES string of the molecule is COc1nc(CCCN)nc2oc(-c3ccc(C4(N)CCC4)cc3)c(-c3ccccc3)c12. The van der Waals surface area contributed by atoms with Gasteiger partial charge in [-0.05, 0) is 43.4 Å². The summed E-state index contributed by atoms with van der Waals surface area (Å²) in [7, 11) is 1.63. The van der Waals surface area contributed by atoms with Crippen LogP contribution in [0.25, 0.3) is 33.6 Å². The molecular formula is C26H28N4O2. The van der Waals surface area contributed by atoms with Crippen molar-refractivity contribution in [1.29, 1.82) is 0 Å². The summed E-state index contributed by atoms with van der Waals surface area (Å²) >= 11 is 0. The second kappa shape index (κ2) is 8.37. The molecule has 0 unspecified atom stereocenters. The first-order valence-corrected chi connectivity index (χ1v) is 11.2. The van der Waals surface area contributed by atoms with Crippen LogP contribution in [0.5, 0.6) is 5.88 Å².